The molecule has 0 spiro atoms. The summed E-state index contributed by atoms with van der Waals surface area (Å²) < 4.78 is 22.2. The van der Waals surface area contributed by atoms with E-state index in [1.165, 1.54) is 6.92 Å². The lowest BCUT2D eigenvalue weighted by Gasteiger charge is -2.23. The molecule has 0 aliphatic heterocycles. The van der Waals surface area contributed by atoms with Crippen molar-refractivity contribution < 1.29 is 38.7 Å². The van der Waals surface area contributed by atoms with Crippen molar-refractivity contribution in [3.63, 3.8) is 0 Å². The first-order chi connectivity index (χ1) is 23.5. The lowest BCUT2D eigenvalue weighted by atomic mass is 10.1. The van der Waals surface area contributed by atoms with E-state index in [4.69, 9.17) is 18.9 Å². The Morgan fingerprint density at radius 1 is 0.860 bits per heavy atom. The first-order valence-electron chi connectivity index (χ1n) is 17.6. The monoisotopic (exact) mass is 704 g/mol. The van der Waals surface area contributed by atoms with Crippen LogP contribution in [0.25, 0.3) is 0 Å². The molecule has 0 bridgehead atoms. The van der Waals surface area contributed by atoms with E-state index in [9.17, 15) is 19.8 Å². The highest BCUT2D eigenvalue weighted by molar-refractivity contribution is 5.99. The van der Waals surface area contributed by atoms with Crippen LogP contribution in [0.4, 0.5) is 10.5 Å². The number of nitrogens with zero attached hydrogens (tertiary/aromatic N) is 1. The van der Waals surface area contributed by atoms with Crippen LogP contribution >= 0.6 is 0 Å². The lowest BCUT2D eigenvalue weighted by molar-refractivity contribution is 0.0143. The zero-order valence-electron chi connectivity index (χ0n) is 32.0. The van der Waals surface area contributed by atoms with Crippen molar-refractivity contribution in [3.05, 3.63) is 53.6 Å². The Balaban J connectivity index is 0.000000506. The number of hydrogen-bond acceptors (Lipinski definition) is 10. The van der Waals surface area contributed by atoms with Gasteiger partial charge in [0.2, 0.25) is 0 Å². The number of ether oxygens (including phenoxy) is 4. The minimum Gasteiger partial charge on any atom is -0.491 e. The highest BCUT2D eigenvalue weighted by Gasteiger charge is 2.16. The predicted molar refractivity (Wildman–Crippen MR) is 199 cm³/mol. The number of nitrogens with one attached hydrogen (secondary N) is 3. The van der Waals surface area contributed by atoms with Crippen LogP contribution in [-0.2, 0) is 16.1 Å². The molecule has 0 saturated heterocycles. The molecule has 50 heavy (non-hydrogen) atoms. The summed E-state index contributed by atoms with van der Waals surface area (Å²) in [6, 6.07) is 12.8. The van der Waals surface area contributed by atoms with Gasteiger partial charge in [0, 0.05) is 43.4 Å². The first kappa shape index (κ1) is 44.8. The molecule has 2 aromatic carbocycles. The summed E-state index contributed by atoms with van der Waals surface area (Å²) in [6.45, 7) is 23.6. The molecule has 0 heterocycles. The molecule has 5 N–H and O–H groups in total. The van der Waals surface area contributed by atoms with Gasteiger partial charge in [0.1, 0.15) is 36.9 Å². The van der Waals surface area contributed by atoms with Crippen LogP contribution in [0.2, 0.25) is 0 Å². The van der Waals surface area contributed by atoms with Crippen molar-refractivity contribution in [2.75, 3.05) is 57.9 Å². The number of hydrogen-bond donors (Lipinski definition) is 5. The van der Waals surface area contributed by atoms with Crippen LogP contribution in [0.3, 0.4) is 0 Å². The van der Waals surface area contributed by atoms with Gasteiger partial charge in [-0.05, 0) is 91.3 Å². The van der Waals surface area contributed by atoms with Crippen molar-refractivity contribution >= 4 is 17.5 Å². The summed E-state index contributed by atoms with van der Waals surface area (Å²) >= 11 is 0. The number of aliphatic hydroxyl groups excluding tert-OH is 2. The number of anilines is 1. The van der Waals surface area contributed by atoms with Crippen molar-refractivity contribution in [3.8, 4) is 11.5 Å². The fraction of sp³-hybridized carbons (Fsp3) is 0.632. The second-order valence-electron chi connectivity index (χ2n) is 13.6. The predicted octanol–water partition coefficient (Wildman–Crippen LogP) is 5.26. The molecule has 284 valence electrons. The molecule has 0 fully saturated rings. The maximum absolute atomic E-state index is 12.2. The maximum Gasteiger partial charge on any atom is 0.321 e. The molecule has 2 amide bonds. The molecule has 2 atom stereocenters. The van der Waals surface area contributed by atoms with Gasteiger partial charge < -0.3 is 50.0 Å². The average molecular weight is 705 g/mol. The van der Waals surface area contributed by atoms with E-state index in [2.05, 4.69) is 16.0 Å². The third-order valence-electron chi connectivity index (χ3n) is 7.04. The highest BCUT2D eigenvalue weighted by Crippen LogP contribution is 2.24. The Kier molecular flexibility index (Phi) is 21.5. The van der Waals surface area contributed by atoms with E-state index in [0.29, 0.717) is 69.0 Å². The molecule has 12 heteroatoms. The van der Waals surface area contributed by atoms with E-state index in [-0.39, 0.29) is 36.7 Å². The average Bonchev–Trinajstić information content (AvgIpc) is 3.05. The summed E-state index contributed by atoms with van der Waals surface area (Å²) in [7, 11) is 0. The third kappa shape index (κ3) is 20.4. The number of benzene rings is 2. The molecule has 0 saturated carbocycles. The van der Waals surface area contributed by atoms with E-state index in [0.717, 1.165) is 11.3 Å². The normalized spacial score (nSPS) is 12.6. The summed E-state index contributed by atoms with van der Waals surface area (Å²) in [5, 5.41) is 29.0. The van der Waals surface area contributed by atoms with Crippen LogP contribution in [0.15, 0.2) is 42.5 Å². The van der Waals surface area contributed by atoms with Crippen LogP contribution < -0.4 is 25.4 Å². The van der Waals surface area contributed by atoms with Gasteiger partial charge in [-0.1, -0.05) is 26.0 Å². The Labute approximate surface area is 300 Å². The second kappa shape index (κ2) is 24.0. The molecular weight excluding hydrogens is 640 g/mol. The van der Waals surface area contributed by atoms with E-state index >= 15 is 0 Å². The molecule has 2 rings (SSSR count). The molecule has 0 aromatic heterocycles. The topological polar surface area (TPSA) is 151 Å². The van der Waals surface area contributed by atoms with Crippen molar-refractivity contribution in [2.45, 2.75) is 106 Å². The smallest absolute Gasteiger partial charge is 0.321 e. The van der Waals surface area contributed by atoms with Gasteiger partial charge in [0.25, 0.3) is 0 Å². The van der Waals surface area contributed by atoms with Gasteiger partial charge in [0.15, 0.2) is 5.78 Å². The standard InChI is InChI=1S/C20H33N3O4.C18H31NO4/c1-7-23(8-2)19(26)22-15-9-10-18(17(11-15)14(3)24)27-13-16(25)12-21-20(4,5)6;1-14(2)19-11-17(20)13-23-18-7-5-16(6-8-18)12-21-9-10-22-15(3)4/h9-11,16,21,25H,7-8,12-13H2,1-6H3,(H,22,26);5-8,14-15,17,19-20H,9-13H2,1-4H3. The van der Waals surface area contributed by atoms with Crippen molar-refractivity contribution in [1.82, 2.24) is 15.5 Å². The number of ketones is 1. The highest BCUT2D eigenvalue weighted by atomic mass is 16.5. The van der Waals surface area contributed by atoms with Gasteiger partial charge in [-0.25, -0.2) is 4.79 Å². The van der Waals surface area contributed by atoms with Gasteiger partial charge in [-0.2, -0.15) is 0 Å². The zero-order chi connectivity index (χ0) is 37.7. The first-order valence-corrected chi connectivity index (χ1v) is 17.6. The summed E-state index contributed by atoms with van der Waals surface area (Å²) in [5.41, 5.74) is 1.88. The number of β-amino-alcohol motifs (C(OH)–C–C–N with tert-alkyl or cyclic N) is 1. The minimum atomic E-state index is -0.703. The zero-order valence-corrected chi connectivity index (χ0v) is 32.0. The Bertz CT molecular complexity index is 1230. The number of aliphatic hydroxyl groups is 2. The number of rotatable bonds is 21. The fourth-order valence-electron chi connectivity index (χ4n) is 4.23. The van der Waals surface area contributed by atoms with E-state index in [1.807, 2.05) is 86.6 Å². The summed E-state index contributed by atoms with van der Waals surface area (Å²) in [4.78, 5) is 25.8. The Morgan fingerprint density at radius 3 is 2.04 bits per heavy atom. The molecule has 0 aliphatic rings. The molecule has 0 aliphatic carbocycles. The molecule has 2 unspecified atom stereocenters. The van der Waals surface area contributed by atoms with Crippen LogP contribution in [0.5, 0.6) is 11.5 Å². The molecular formula is C38H64N4O8. The largest absolute Gasteiger partial charge is 0.491 e. The summed E-state index contributed by atoms with van der Waals surface area (Å²) in [6.07, 6.45) is -0.978. The van der Waals surface area contributed by atoms with Gasteiger partial charge in [-0.3, -0.25) is 4.79 Å². The third-order valence-corrected chi connectivity index (χ3v) is 7.04. The minimum absolute atomic E-state index is 0.0640. The van der Waals surface area contributed by atoms with Crippen molar-refractivity contribution in [1.29, 1.82) is 0 Å². The SMILES string of the molecule is CC(C)NCC(O)COc1ccc(COCCOC(C)C)cc1.CCN(CC)C(=O)Nc1ccc(OCC(O)CNC(C)(C)C)c(C(C)=O)c1. The Hall–Kier alpha value is -3.26. The molecule has 12 nitrogen and oxygen atoms in total. The number of carbonyl (C=O) groups is 2. The Morgan fingerprint density at radius 2 is 1.48 bits per heavy atom. The van der Waals surface area contributed by atoms with Gasteiger partial charge >= 0.3 is 6.03 Å². The quantitative estimate of drug-likeness (QED) is 0.0861. The summed E-state index contributed by atoms with van der Waals surface area (Å²) in [5.74, 6) is 0.963. The van der Waals surface area contributed by atoms with E-state index in [1.54, 1.807) is 23.1 Å². The van der Waals surface area contributed by atoms with Crippen molar-refractivity contribution in [2.24, 2.45) is 0 Å². The van der Waals surface area contributed by atoms with Crippen LogP contribution in [-0.4, -0.2) is 109 Å². The van der Waals surface area contributed by atoms with Crippen LogP contribution in [0, 0.1) is 0 Å². The number of urea groups is 1. The number of carbonyl (C=O) groups excluding carboxylic acids is 2. The lowest BCUT2D eigenvalue weighted by Crippen LogP contribution is -2.42. The molecule has 0 radical (unpaired) electrons. The fourth-order valence-corrected chi connectivity index (χ4v) is 4.23. The van der Waals surface area contributed by atoms with Gasteiger partial charge in [0.05, 0.1) is 31.5 Å². The second-order valence-corrected chi connectivity index (χ2v) is 13.6. The molecule has 2 aromatic rings. The van der Waals surface area contributed by atoms with E-state index < -0.39 is 12.2 Å². The van der Waals surface area contributed by atoms with Crippen LogP contribution in [0.1, 0.15) is 85.2 Å². The number of Topliss-reactive ketones (excluding diaryl/α,β-unsaturated/α-hetero) is 1. The maximum atomic E-state index is 12.2. The van der Waals surface area contributed by atoms with Gasteiger partial charge in [-0.15, -0.1) is 0 Å². The number of amides is 2.